The quantitative estimate of drug-likeness (QED) is 0.365. The average Bonchev–Trinajstić information content (AvgIpc) is 3.46. The number of fused-ring (bicyclic) bond motifs is 1. The summed E-state index contributed by atoms with van der Waals surface area (Å²) in [7, 11) is -3.32. The number of imidazole rings is 1. The fourth-order valence-electron chi connectivity index (χ4n) is 3.72. The van der Waals surface area contributed by atoms with E-state index in [0.717, 1.165) is 34.3 Å². The van der Waals surface area contributed by atoms with E-state index in [2.05, 4.69) is 18.0 Å². The van der Waals surface area contributed by atoms with Gasteiger partial charge in [-0.05, 0) is 61.7 Å². The van der Waals surface area contributed by atoms with Crippen molar-refractivity contribution in [3.63, 3.8) is 0 Å². The van der Waals surface area contributed by atoms with Crippen molar-refractivity contribution in [2.75, 3.05) is 17.2 Å². The van der Waals surface area contributed by atoms with E-state index in [1.807, 2.05) is 23.8 Å². The predicted molar refractivity (Wildman–Crippen MR) is 132 cm³/mol. The van der Waals surface area contributed by atoms with Crippen LogP contribution in [0.1, 0.15) is 34.8 Å². The highest BCUT2D eigenvalue weighted by atomic mass is 32.2. The van der Waals surface area contributed by atoms with E-state index in [1.165, 1.54) is 23.5 Å². The van der Waals surface area contributed by atoms with E-state index in [9.17, 15) is 13.2 Å². The van der Waals surface area contributed by atoms with Crippen molar-refractivity contribution < 1.29 is 13.2 Å². The number of thiazole rings is 1. The molecule has 2 heterocycles. The molecule has 0 saturated heterocycles. The largest absolute Gasteiger partial charge is 0.337 e. The van der Waals surface area contributed by atoms with Gasteiger partial charge < -0.3 is 4.57 Å². The molecular formula is C24H26N4O3S2. The van der Waals surface area contributed by atoms with Crippen molar-refractivity contribution >= 4 is 42.4 Å². The number of hydrogen-bond acceptors (Lipinski definition) is 6. The maximum atomic E-state index is 13.5. The molecule has 0 saturated carbocycles. The molecule has 0 radical (unpaired) electrons. The highest BCUT2D eigenvalue weighted by molar-refractivity contribution is 7.91. The smallest absolute Gasteiger partial charge is 0.260 e. The van der Waals surface area contributed by atoms with Crippen molar-refractivity contribution in [2.24, 2.45) is 0 Å². The second-order valence-electron chi connectivity index (χ2n) is 7.97. The number of hydrogen-bond donors (Lipinski definition) is 0. The Balaban J connectivity index is 1.66. The maximum absolute atomic E-state index is 13.5. The van der Waals surface area contributed by atoms with Crippen LogP contribution in [-0.4, -0.2) is 41.2 Å². The zero-order valence-electron chi connectivity index (χ0n) is 18.9. The fraction of sp³-hybridized carbons (Fsp3) is 0.292. The first-order valence-corrected chi connectivity index (χ1v) is 13.2. The molecule has 0 aliphatic rings. The van der Waals surface area contributed by atoms with E-state index < -0.39 is 9.84 Å². The van der Waals surface area contributed by atoms with Gasteiger partial charge in [-0.25, -0.2) is 18.4 Å². The minimum atomic E-state index is -3.32. The van der Waals surface area contributed by atoms with Crippen LogP contribution < -0.4 is 4.90 Å². The van der Waals surface area contributed by atoms with Crippen LogP contribution in [0, 0.1) is 13.8 Å². The molecule has 1 amide bonds. The maximum Gasteiger partial charge on any atom is 0.260 e. The number of rotatable bonds is 8. The van der Waals surface area contributed by atoms with Gasteiger partial charge in [-0.2, -0.15) is 0 Å². The zero-order valence-corrected chi connectivity index (χ0v) is 20.5. The summed E-state index contributed by atoms with van der Waals surface area (Å²) in [4.78, 5) is 24.3. The molecule has 0 aliphatic carbocycles. The second-order valence-corrected chi connectivity index (χ2v) is 11.2. The van der Waals surface area contributed by atoms with Gasteiger partial charge >= 0.3 is 0 Å². The SMILES string of the molecule is CCS(=O)(=O)c1ccc(C(=O)N(CCCn2ccnc2)c2nc3cc(C)cc(C)c3s2)cc1. The Labute approximate surface area is 197 Å². The Morgan fingerprint density at radius 3 is 2.58 bits per heavy atom. The number of anilines is 1. The van der Waals surface area contributed by atoms with Crippen LogP contribution in [0.2, 0.25) is 0 Å². The Morgan fingerprint density at radius 2 is 1.91 bits per heavy atom. The monoisotopic (exact) mass is 482 g/mol. The predicted octanol–water partition coefficient (Wildman–Crippen LogP) is 4.64. The van der Waals surface area contributed by atoms with E-state index >= 15 is 0 Å². The zero-order chi connectivity index (χ0) is 23.6. The number of sulfone groups is 1. The lowest BCUT2D eigenvalue weighted by atomic mass is 10.1. The number of carbonyl (C=O) groups excluding carboxylic acids is 1. The summed E-state index contributed by atoms with van der Waals surface area (Å²) in [6.07, 6.45) is 6.09. The molecule has 33 heavy (non-hydrogen) atoms. The molecule has 4 rings (SSSR count). The number of aromatic nitrogens is 3. The standard InChI is InChI=1S/C24H26N4O3S2/c1-4-33(30,31)20-8-6-19(7-9-20)23(29)28(12-5-11-27-13-10-25-16-27)24-26-21-15-17(2)14-18(3)22(21)32-24/h6-10,13-16H,4-5,11-12H2,1-3H3. The highest BCUT2D eigenvalue weighted by Gasteiger charge is 2.22. The van der Waals surface area contributed by atoms with Gasteiger partial charge in [-0.1, -0.05) is 24.3 Å². The summed E-state index contributed by atoms with van der Waals surface area (Å²) in [5, 5.41) is 0.639. The lowest BCUT2D eigenvalue weighted by Crippen LogP contribution is -2.32. The summed E-state index contributed by atoms with van der Waals surface area (Å²) >= 11 is 1.50. The van der Waals surface area contributed by atoms with Crippen LogP contribution in [0.25, 0.3) is 10.2 Å². The van der Waals surface area contributed by atoms with Crippen molar-refractivity contribution in [1.29, 1.82) is 0 Å². The Kier molecular flexibility index (Phi) is 6.62. The van der Waals surface area contributed by atoms with E-state index in [-0.39, 0.29) is 16.6 Å². The molecule has 0 aliphatic heterocycles. The first kappa shape index (κ1) is 23.1. The molecule has 4 aromatic rings. The van der Waals surface area contributed by atoms with Crippen molar-refractivity contribution in [1.82, 2.24) is 14.5 Å². The van der Waals surface area contributed by atoms with Crippen LogP contribution in [0.3, 0.4) is 0 Å². The summed E-state index contributed by atoms with van der Waals surface area (Å²) in [6.45, 7) is 6.89. The Morgan fingerprint density at radius 1 is 1.15 bits per heavy atom. The van der Waals surface area contributed by atoms with Gasteiger partial charge in [0.1, 0.15) is 0 Å². The van der Waals surface area contributed by atoms with Gasteiger partial charge in [0.25, 0.3) is 5.91 Å². The molecule has 2 aromatic heterocycles. The van der Waals surface area contributed by atoms with Gasteiger partial charge in [0.2, 0.25) is 0 Å². The van der Waals surface area contributed by atoms with Gasteiger partial charge in [0, 0.05) is 31.0 Å². The molecule has 2 aromatic carbocycles. The molecule has 0 fully saturated rings. The third-order valence-electron chi connectivity index (χ3n) is 5.48. The molecule has 172 valence electrons. The van der Waals surface area contributed by atoms with Gasteiger partial charge in [-0.15, -0.1) is 0 Å². The van der Waals surface area contributed by atoms with Gasteiger partial charge in [0.05, 0.1) is 27.2 Å². The number of amides is 1. The van der Waals surface area contributed by atoms with Crippen LogP contribution in [0.4, 0.5) is 5.13 Å². The van der Waals surface area contributed by atoms with Crippen LogP contribution in [-0.2, 0) is 16.4 Å². The van der Waals surface area contributed by atoms with Crippen molar-refractivity contribution in [3.05, 3.63) is 71.8 Å². The highest BCUT2D eigenvalue weighted by Crippen LogP contribution is 2.33. The van der Waals surface area contributed by atoms with E-state index in [1.54, 1.807) is 36.5 Å². The van der Waals surface area contributed by atoms with Crippen molar-refractivity contribution in [2.45, 2.75) is 38.6 Å². The lowest BCUT2D eigenvalue weighted by molar-refractivity contribution is 0.0986. The van der Waals surface area contributed by atoms with Crippen LogP contribution in [0.5, 0.6) is 0 Å². The minimum Gasteiger partial charge on any atom is -0.337 e. The summed E-state index contributed by atoms with van der Waals surface area (Å²) in [5.74, 6) is -0.181. The third-order valence-corrected chi connectivity index (χ3v) is 8.46. The van der Waals surface area contributed by atoms with Crippen LogP contribution in [0.15, 0.2) is 60.0 Å². The Hall–Kier alpha value is -3.04. The Bertz CT molecular complexity index is 1380. The first-order valence-electron chi connectivity index (χ1n) is 10.8. The number of benzene rings is 2. The number of carbonyl (C=O) groups is 1. The topological polar surface area (TPSA) is 85.2 Å². The van der Waals surface area contributed by atoms with E-state index in [0.29, 0.717) is 17.2 Å². The molecule has 0 spiro atoms. The third kappa shape index (κ3) is 4.99. The molecule has 7 nitrogen and oxygen atoms in total. The minimum absolute atomic E-state index is 0.0190. The van der Waals surface area contributed by atoms with Crippen LogP contribution >= 0.6 is 11.3 Å². The lowest BCUT2D eigenvalue weighted by Gasteiger charge is -2.20. The molecule has 0 atom stereocenters. The molecule has 9 heteroatoms. The van der Waals surface area contributed by atoms with Gasteiger partial charge in [-0.3, -0.25) is 9.69 Å². The molecule has 0 N–H and O–H groups in total. The molecular weight excluding hydrogens is 456 g/mol. The van der Waals surface area contributed by atoms with Crippen molar-refractivity contribution in [3.8, 4) is 0 Å². The number of nitrogens with zero attached hydrogens (tertiary/aromatic N) is 4. The summed E-state index contributed by atoms with van der Waals surface area (Å²) < 4.78 is 27.3. The first-order chi connectivity index (χ1) is 15.8. The summed E-state index contributed by atoms with van der Waals surface area (Å²) in [5.41, 5.74) is 3.57. The summed E-state index contributed by atoms with van der Waals surface area (Å²) in [6, 6.07) is 10.3. The average molecular weight is 483 g/mol. The van der Waals surface area contributed by atoms with Gasteiger partial charge in [0.15, 0.2) is 15.0 Å². The van der Waals surface area contributed by atoms with E-state index in [4.69, 9.17) is 4.98 Å². The second kappa shape index (κ2) is 9.44. The normalized spacial score (nSPS) is 11.7. The fourth-order valence-corrected chi connectivity index (χ4v) is 5.65. The molecule has 0 bridgehead atoms. The number of aryl methyl sites for hydroxylation is 3. The molecule has 0 unspecified atom stereocenters.